The van der Waals surface area contributed by atoms with E-state index in [0.717, 1.165) is 30.3 Å². The minimum atomic E-state index is -0.241. The second kappa shape index (κ2) is 7.36. The van der Waals surface area contributed by atoms with E-state index in [0.29, 0.717) is 10.2 Å². The van der Waals surface area contributed by atoms with Crippen molar-refractivity contribution < 1.29 is 4.79 Å². The summed E-state index contributed by atoms with van der Waals surface area (Å²) >= 11 is 10.8. The van der Waals surface area contributed by atoms with Crippen molar-refractivity contribution in [2.75, 3.05) is 11.6 Å². The van der Waals surface area contributed by atoms with Gasteiger partial charge < -0.3 is 0 Å². The molecule has 4 rings (SSSR count). The molecule has 0 saturated heterocycles. The predicted molar refractivity (Wildman–Crippen MR) is 114 cm³/mol. The van der Waals surface area contributed by atoms with Crippen LogP contribution in [0, 0.1) is 0 Å². The molecular weight excluding hydrogens is 406 g/mol. The molecule has 4 aromatic rings. The molecule has 0 fully saturated rings. The summed E-state index contributed by atoms with van der Waals surface area (Å²) in [6.45, 7) is 0. The summed E-state index contributed by atoms with van der Waals surface area (Å²) in [6, 6.07) is 11.3. The van der Waals surface area contributed by atoms with Gasteiger partial charge in [-0.15, -0.1) is 11.3 Å². The number of rotatable bonds is 4. The van der Waals surface area contributed by atoms with E-state index in [9.17, 15) is 4.79 Å². The average molecular weight is 418 g/mol. The molecule has 2 heterocycles. The second-order valence-electron chi connectivity index (χ2n) is 5.31. The van der Waals surface area contributed by atoms with Crippen LogP contribution >= 0.6 is 46.0 Å². The lowest BCUT2D eigenvalue weighted by atomic mass is 10.2. The van der Waals surface area contributed by atoms with Gasteiger partial charge in [-0.3, -0.25) is 10.1 Å². The third-order valence-electron chi connectivity index (χ3n) is 3.62. The van der Waals surface area contributed by atoms with Gasteiger partial charge in [0.05, 0.1) is 20.4 Å². The van der Waals surface area contributed by atoms with Gasteiger partial charge in [0.1, 0.15) is 0 Å². The van der Waals surface area contributed by atoms with Crippen LogP contribution in [0.4, 0.5) is 5.13 Å². The Hall–Kier alpha value is -1.93. The van der Waals surface area contributed by atoms with E-state index in [2.05, 4.69) is 15.3 Å². The van der Waals surface area contributed by atoms with Crippen molar-refractivity contribution in [2.24, 2.45) is 0 Å². The van der Waals surface area contributed by atoms with Crippen molar-refractivity contribution in [1.82, 2.24) is 9.97 Å². The summed E-state index contributed by atoms with van der Waals surface area (Å²) in [5.41, 5.74) is 2.63. The number of anilines is 1. The smallest absolute Gasteiger partial charge is 0.250 e. The fourth-order valence-corrected chi connectivity index (χ4v) is 5.28. The molecule has 130 valence electrons. The molecule has 0 spiro atoms. The lowest BCUT2D eigenvalue weighted by molar-refractivity contribution is -0.111. The van der Waals surface area contributed by atoms with Crippen LogP contribution in [0.3, 0.4) is 0 Å². The van der Waals surface area contributed by atoms with Crippen LogP contribution in [-0.4, -0.2) is 22.1 Å². The standard InChI is InChI=1S/C18H12ClN3OS3/c1-24-18-21-13-8-7-12-15(16(13)26-18)25-17(20-12)22-14(23)9-6-10-4-2-3-5-11(10)19/h2-9H,1H3,(H,20,22,23)/b9-6+. The molecule has 0 bridgehead atoms. The van der Waals surface area contributed by atoms with Gasteiger partial charge in [-0.1, -0.05) is 52.9 Å². The van der Waals surface area contributed by atoms with Crippen LogP contribution in [0.15, 0.2) is 46.8 Å². The van der Waals surface area contributed by atoms with Crippen molar-refractivity contribution >= 4 is 83.6 Å². The molecule has 1 N–H and O–H groups in total. The van der Waals surface area contributed by atoms with E-state index in [-0.39, 0.29) is 5.91 Å². The number of thiazole rings is 2. The number of benzene rings is 2. The summed E-state index contributed by atoms with van der Waals surface area (Å²) < 4.78 is 3.18. The Bertz CT molecular complexity index is 1150. The Morgan fingerprint density at radius 2 is 1.85 bits per heavy atom. The molecule has 2 aromatic heterocycles. The highest BCUT2D eigenvalue weighted by Gasteiger charge is 2.12. The molecule has 0 radical (unpaired) electrons. The first-order valence-electron chi connectivity index (χ1n) is 7.62. The van der Waals surface area contributed by atoms with Crippen LogP contribution in [0.1, 0.15) is 5.56 Å². The monoisotopic (exact) mass is 417 g/mol. The number of amides is 1. The Labute approximate surface area is 166 Å². The summed E-state index contributed by atoms with van der Waals surface area (Å²) in [5.74, 6) is -0.241. The SMILES string of the molecule is CSc1nc2ccc3nc(NC(=O)/C=C/c4ccccc4Cl)sc3c2s1. The highest BCUT2D eigenvalue weighted by atomic mass is 35.5. The Balaban J connectivity index is 1.59. The van der Waals surface area contributed by atoms with Gasteiger partial charge in [-0.05, 0) is 36.1 Å². The Kier molecular flexibility index (Phi) is 4.95. The maximum Gasteiger partial charge on any atom is 0.250 e. The average Bonchev–Trinajstić information content (AvgIpc) is 3.23. The van der Waals surface area contributed by atoms with Gasteiger partial charge in [-0.25, -0.2) is 9.97 Å². The largest absolute Gasteiger partial charge is 0.298 e. The van der Waals surface area contributed by atoms with E-state index in [1.54, 1.807) is 35.2 Å². The third-order valence-corrected chi connectivity index (χ3v) is 7.17. The van der Waals surface area contributed by atoms with Crippen LogP contribution in [0.2, 0.25) is 5.02 Å². The number of fused-ring (bicyclic) bond motifs is 3. The van der Waals surface area contributed by atoms with Crippen LogP contribution < -0.4 is 5.32 Å². The number of nitrogens with one attached hydrogen (secondary N) is 1. The first kappa shape index (κ1) is 17.5. The van der Waals surface area contributed by atoms with Gasteiger partial charge >= 0.3 is 0 Å². The van der Waals surface area contributed by atoms with Crippen molar-refractivity contribution in [3.05, 3.63) is 53.1 Å². The third kappa shape index (κ3) is 3.48. The summed E-state index contributed by atoms with van der Waals surface area (Å²) in [6.07, 6.45) is 5.16. The van der Waals surface area contributed by atoms with E-state index in [4.69, 9.17) is 11.6 Å². The van der Waals surface area contributed by atoms with E-state index < -0.39 is 0 Å². The zero-order valence-corrected chi connectivity index (χ0v) is 16.7. The quantitative estimate of drug-likeness (QED) is 0.330. The molecule has 1 amide bonds. The van der Waals surface area contributed by atoms with Crippen LogP contribution in [0.5, 0.6) is 0 Å². The maximum absolute atomic E-state index is 12.2. The molecule has 26 heavy (non-hydrogen) atoms. The number of carbonyl (C=O) groups excluding carboxylic acids is 1. The highest BCUT2D eigenvalue weighted by Crippen LogP contribution is 2.37. The van der Waals surface area contributed by atoms with E-state index in [1.165, 1.54) is 17.4 Å². The lowest BCUT2D eigenvalue weighted by Gasteiger charge is -1.97. The summed E-state index contributed by atoms with van der Waals surface area (Å²) in [4.78, 5) is 21.3. The molecule has 4 nitrogen and oxygen atoms in total. The lowest BCUT2D eigenvalue weighted by Crippen LogP contribution is -2.07. The molecular formula is C18H12ClN3OS3. The van der Waals surface area contributed by atoms with Gasteiger partial charge in [0, 0.05) is 11.1 Å². The van der Waals surface area contributed by atoms with Crippen molar-refractivity contribution in [2.45, 2.75) is 4.34 Å². The topological polar surface area (TPSA) is 54.9 Å². The number of halogens is 1. The normalized spacial score (nSPS) is 11.6. The number of hydrogen-bond donors (Lipinski definition) is 1. The molecule has 0 aliphatic carbocycles. The highest BCUT2D eigenvalue weighted by molar-refractivity contribution is 8.00. The van der Waals surface area contributed by atoms with E-state index in [1.807, 2.05) is 36.6 Å². The first-order chi connectivity index (χ1) is 12.6. The zero-order chi connectivity index (χ0) is 18.1. The summed E-state index contributed by atoms with van der Waals surface area (Å²) in [7, 11) is 0. The van der Waals surface area contributed by atoms with Gasteiger partial charge in [0.15, 0.2) is 9.47 Å². The molecule has 0 saturated carbocycles. The first-order valence-corrected chi connectivity index (χ1v) is 10.9. The number of carbonyl (C=O) groups is 1. The number of thioether (sulfide) groups is 1. The minimum absolute atomic E-state index is 0.241. The molecule has 0 aliphatic heterocycles. The van der Waals surface area contributed by atoms with Crippen molar-refractivity contribution in [1.29, 1.82) is 0 Å². The molecule has 0 aliphatic rings. The van der Waals surface area contributed by atoms with Gasteiger partial charge in [-0.2, -0.15) is 0 Å². The second-order valence-corrected chi connectivity index (χ2v) is 8.77. The minimum Gasteiger partial charge on any atom is -0.298 e. The fourth-order valence-electron chi connectivity index (χ4n) is 2.42. The zero-order valence-electron chi connectivity index (χ0n) is 13.5. The molecule has 0 unspecified atom stereocenters. The Morgan fingerprint density at radius 1 is 1.12 bits per heavy atom. The number of aromatic nitrogens is 2. The molecule has 2 aromatic carbocycles. The molecule has 0 atom stereocenters. The van der Waals surface area contributed by atoms with E-state index >= 15 is 0 Å². The number of hydrogen-bond acceptors (Lipinski definition) is 6. The van der Waals surface area contributed by atoms with Crippen LogP contribution in [-0.2, 0) is 4.79 Å². The molecule has 8 heteroatoms. The Morgan fingerprint density at radius 3 is 2.62 bits per heavy atom. The van der Waals surface area contributed by atoms with Crippen LogP contribution in [0.25, 0.3) is 26.5 Å². The van der Waals surface area contributed by atoms with Crippen molar-refractivity contribution in [3.8, 4) is 0 Å². The summed E-state index contributed by atoms with van der Waals surface area (Å²) in [5, 5.41) is 4.00. The maximum atomic E-state index is 12.2. The predicted octanol–water partition coefficient (Wildman–Crippen LogP) is 5.93. The van der Waals surface area contributed by atoms with Crippen molar-refractivity contribution in [3.63, 3.8) is 0 Å². The fraction of sp³-hybridized carbons (Fsp3) is 0.0556. The van der Waals surface area contributed by atoms with Gasteiger partial charge in [0.2, 0.25) is 5.91 Å². The van der Waals surface area contributed by atoms with Gasteiger partial charge in [0.25, 0.3) is 0 Å². The number of nitrogens with zero attached hydrogens (tertiary/aromatic N) is 2.